The number of rotatable bonds is 4. The topological polar surface area (TPSA) is 88.7 Å². The van der Waals surface area contributed by atoms with Gasteiger partial charge in [0.25, 0.3) is 0 Å². The number of carbonyl (C=O) groups excluding carboxylic acids is 1. The van der Waals surface area contributed by atoms with Crippen LogP contribution in [-0.2, 0) is 21.1 Å². The van der Waals surface area contributed by atoms with Gasteiger partial charge in [0.1, 0.15) is 11.3 Å². The maximum atomic E-state index is 12.0. The molecule has 6 nitrogen and oxygen atoms in total. The van der Waals surface area contributed by atoms with Gasteiger partial charge < -0.3 is 4.42 Å². The van der Waals surface area contributed by atoms with Crippen molar-refractivity contribution in [2.75, 3.05) is 11.5 Å². The van der Waals surface area contributed by atoms with Crippen LogP contribution in [0.15, 0.2) is 33.8 Å². The fraction of sp³-hybridized carbons (Fsp3) is 0.375. The Balaban J connectivity index is 1.75. The van der Waals surface area contributed by atoms with Crippen molar-refractivity contribution in [2.45, 2.75) is 19.8 Å². The highest BCUT2D eigenvalue weighted by Gasteiger charge is 2.32. The molecule has 1 N–H and O–H groups in total. The van der Waals surface area contributed by atoms with Gasteiger partial charge in [-0.05, 0) is 12.5 Å². The second-order valence-corrected chi connectivity index (χ2v) is 7.85. The minimum atomic E-state index is -3.08. The van der Waals surface area contributed by atoms with E-state index in [2.05, 4.69) is 10.5 Å². The summed E-state index contributed by atoms with van der Waals surface area (Å²) in [6.07, 6.45) is 2.63. The number of carbonyl (C=O) groups is 1. The number of hydrogen-bond acceptors (Lipinski definition) is 5. The molecule has 3 rings (SSSR count). The first kappa shape index (κ1) is 15.7. The van der Waals surface area contributed by atoms with E-state index in [0.717, 1.165) is 22.3 Å². The fourth-order valence-corrected chi connectivity index (χ4v) is 4.52. The number of furan rings is 1. The molecule has 1 fully saturated rings. The lowest BCUT2D eigenvalue weighted by Crippen LogP contribution is -2.27. The Hall–Kier alpha value is -2.15. The molecule has 0 bridgehead atoms. The third-order valence-corrected chi connectivity index (χ3v) is 5.77. The van der Waals surface area contributed by atoms with E-state index < -0.39 is 15.8 Å². The summed E-state index contributed by atoms with van der Waals surface area (Å²) in [5, 5.41) is 4.92. The average molecular weight is 334 g/mol. The minimum Gasteiger partial charge on any atom is -0.460 e. The first-order valence-corrected chi connectivity index (χ1v) is 9.36. The van der Waals surface area contributed by atoms with Gasteiger partial charge in [-0.3, -0.25) is 4.79 Å². The smallest absolute Gasteiger partial charge is 0.244 e. The second-order valence-electron chi connectivity index (χ2n) is 5.62. The van der Waals surface area contributed by atoms with Gasteiger partial charge in [0, 0.05) is 17.4 Å². The van der Waals surface area contributed by atoms with Gasteiger partial charge in [-0.2, -0.15) is 5.10 Å². The van der Waals surface area contributed by atoms with Crippen LogP contribution in [0.1, 0.15) is 24.7 Å². The summed E-state index contributed by atoms with van der Waals surface area (Å²) in [6.45, 7) is 1.98. The van der Waals surface area contributed by atoms with Crippen LogP contribution in [0, 0.1) is 5.92 Å². The molecule has 2 aromatic rings. The molecule has 1 aliphatic heterocycles. The molecule has 1 atom stereocenters. The summed E-state index contributed by atoms with van der Waals surface area (Å²) in [5.41, 5.74) is 4.05. The van der Waals surface area contributed by atoms with Gasteiger partial charge in [0.05, 0.1) is 23.6 Å². The number of fused-ring (bicyclic) bond motifs is 1. The molecule has 0 radical (unpaired) electrons. The van der Waals surface area contributed by atoms with Gasteiger partial charge in [0.15, 0.2) is 9.84 Å². The van der Waals surface area contributed by atoms with Crippen LogP contribution in [0.5, 0.6) is 0 Å². The molecule has 1 aliphatic rings. The van der Waals surface area contributed by atoms with E-state index in [9.17, 15) is 13.2 Å². The summed E-state index contributed by atoms with van der Waals surface area (Å²) in [6, 6.07) is 7.63. The second kappa shape index (κ2) is 6.16. The van der Waals surface area contributed by atoms with Gasteiger partial charge >= 0.3 is 0 Å². The molecule has 0 aliphatic carbocycles. The fourth-order valence-electron chi connectivity index (χ4n) is 2.77. The molecule has 2 heterocycles. The van der Waals surface area contributed by atoms with E-state index in [1.54, 1.807) is 6.21 Å². The van der Waals surface area contributed by atoms with Crippen LogP contribution >= 0.6 is 0 Å². The van der Waals surface area contributed by atoms with Crippen LogP contribution in [0.4, 0.5) is 0 Å². The Morgan fingerprint density at radius 1 is 1.43 bits per heavy atom. The standard InChI is InChI=1S/C16H18N2O4S/c1-2-14-13(12-5-3-4-6-15(12)22-14)9-17-18-16(19)11-7-8-23(20,21)10-11/h3-6,9,11H,2,7-8,10H2,1H3,(H,18,19)/b17-9-/t11-/m1/s1. The quantitative estimate of drug-likeness (QED) is 0.683. The summed E-state index contributed by atoms with van der Waals surface area (Å²) in [4.78, 5) is 12.0. The molecule has 0 unspecified atom stereocenters. The lowest BCUT2D eigenvalue weighted by Gasteiger charge is -2.04. The zero-order chi connectivity index (χ0) is 16.4. The van der Waals surface area contributed by atoms with Crippen molar-refractivity contribution in [1.29, 1.82) is 0 Å². The Morgan fingerprint density at radius 2 is 2.22 bits per heavy atom. The normalized spacial score (nSPS) is 20.3. The molecule has 1 aromatic carbocycles. The van der Waals surface area contributed by atoms with Crippen molar-refractivity contribution in [3.8, 4) is 0 Å². The summed E-state index contributed by atoms with van der Waals surface area (Å²) in [5.74, 6) is -0.0885. The summed E-state index contributed by atoms with van der Waals surface area (Å²) < 4.78 is 28.6. The number of aryl methyl sites for hydroxylation is 1. The minimum absolute atomic E-state index is 0.0706. The molecule has 1 amide bonds. The molecule has 23 heavy (non-hydrogen) atoms. The predicted octanol–water partition coefficient (Wildman–Crippen LogP) is 1.88. The highest BCUT2D eigenvalue weighted by atomic mass is 32.2. The van der Waals surface area contributed by atoms with Crippen molar-refractivity contribution in [3.63, 3.8) is 0 Å². The van der Waals surface area contributed by atoms with Crippen LogP contribution in [-0.4, -0.2) is 32.0 Å². The zero-order valence-electron chi connectivity index (χ0n) is 12.8. The molecule has 0 saturated carbocycles. The van der Waals surface area contributed by atoms with Crippen molar-refractivity contribution >= 4 is 32.9 Å². The molecular weight excluding hydrogens is 316 g/mol. The Morgan fingerprint density at radius 3 is 2.91 bits per heavy atom. The molecule has 0 spiro atoms. The van der Waals surface area contributed by atoms with Gasteiger partial charge in [-0.1, -0.05) is 25.1 Å². The van der Waals surface area contributed by atoms with Crippen LogP contribution in [0.25, 0.3) is 11.0 Å². The first-order valence-electron chi connectivity index (χ1n) is 7.54. The van der Waals surface area contributed by atoms with Crippen molar-refractivity contribution < 1.29 is 17.6 Å². The third kappa shape index (κ3) is 3.29. The van der Waals surface area contributed by atoms with Crippen molar-refractivity contribution in [2.24, 2.45) is 11.0 Å². The van der Waals surface area contributed by atoms with E-state index in [1.807, 2.05) is 31.2 Å². The van der Waals surface area contributed by atoms with Crippen LogP contribution in [0.3, 0.4) is 0 Å². The Labute approximate surface area is 134 Å². The number of nitrogens with zero attached hydrogens (tertiary/aromatic N) is 1. The van der Waals surface area contributed by atoms with E-state index >= 15 is 0 Å². The summed E-state index contributed by atoms with van der Waals surface area (Å²) >= 11 is 0. The number of nitrogens with one attached hydrogen (secondary N) is 1. The molecule has 7 heteroatoms. The number of amides is 1. The maximum absolute atomic E-state index is 12.0. The molecule has 1 saturated heterocycles. The van der Waals surface area contributed by atoms with E-state index in [0.29, 0.717) is 12.8 Å². The van der Waals surface area contributed by atoms with Gasteiger partial charge in [0.2, 0.25) is 5.91 Å². The van der Waals surface area contributed by atoms with Gasteiger partial charge in [-0.15, -0.1) is 0 Å². The number of para-hydroxylation sites is 1. The number of hydrogen-bond donors (Lipinski definition) is 1. The number of benzene rings is 1. The summed E-state index contributed by atoms with van der Waals surface area (Å²) in [7, 11) is -3.08. The number of sulfone groups is 1. The lowest BCUT2D eigenvalue weighted by molar-refractivity contribution is -0.124. The highest BCUT2D eigenvalue weighted by molar-refractivity contribution is 7.91. The molecular formula is C16H18N2O4S. The highest BCUT2D eigenvalue weighted by Crippen LogP contribution is 2.24. The van der Waals surface area contributed by atoms with E-state index in [1.165, 1.54) is 0 Å². The largest absolute Gasteiger partial charge is 0.460 e. The van der Waals surface area contributed by atoms with Crippen molar-refractivity contribution in [1.82, 2.24) is 5.43 Å². The first-order chi connectivity index (χ1) is 11.0. The van der Waals surface area contributed by atoms with Gasteiger partial charge in [-0.25, -0.2) is 13.8 Å². The Kier molecular flexibility index (Phi) is 4.21. The molecule has 122 valence electrons. The maximum Gasteiger partial charge on any atom is 0.244 e. The van der Waals surface area contributed by atoms with Crippen LogP contribution < -0.4 is 5.43 Å². The SMILES string of the molecule is CCc1oc2ccccc2c1/C=N\NC(=O)[C@@H]1CCS(=O)(=O)C1. The Bertz CT molecular complexity index is 867. The zero-order valence-corrected chi connectivity index (χ0v) is 13.6. The molecule has 1 aromatic heterocycles. The average Bonchev–Trinajstić information content (AvgIpc) is 3.07. The third-order valence-electron chi connectivity index (χ3n) is 4.00. The van der Waals surface area contributed by atoms with E-state index in [-0.39, 0.29) is 17.4 Å². The number of hydrazone groups is 1. The predicted molar refractivity (Wildman–Crippen MR) is 88.1 cm³/mol. The van der Waals surface area contributed by atoms with Crippen molar-refractivity contribution in [3.05, 3.63) is 35.6 Å². The van der Waals surface area contributed by atoms with Crippen LogP contribution in [0.2, 0.25) is 0 Å². The lowest BCUT2D eigenvalue weighted by atomic mass is 10.1. The van der Waals surface area contributed by atoms with E-state index in [4.69, 9.17) is 4.42 Å². The monoisotopic (exact) mass is 334 g/mol.